The van der Waals surface area contributed by atoms with E-state index in [1.807, 2.05) is 0 Å². The first-order chi connectivity index (χ1) is 6.70. The van der Waals surface area contributed by atoms with E-state index in [1.165, 1.54) is 12.8 Å². The van der Waals surface area contributed by atoms with Gasteiger partial charge in [0, 0.05) is 12.5 Å². The third-order valence-electron chi connectivity index (χ3n) is 2.40. The smallest absolute Gasteiger partial charge is 0.195 e. The SMILES string of the molecule is CCCC(C)c1n[nH]c(=S)n1CCC. The highest BCUT2D eigenvalue weighted by Gasteiger charge is 2.12. The van der Waals surface area contributed by atoms with Gasteiger partial charge >= 0.3 is 0 Å². The molecule has 0 amide bonds. The number of aromatic nitrogens is 3. The minimum absolute atomic E-state index is 0.500. The summed E-state index contributed by atoms with van der Waals surface area (Å²) < 4.78 is 2.88. The van der Waals surface area contributed by atoms with Gasteiger partial charge in [-0.2, -0.15) is 5.10 Å². The molecule has 0 aliphatic carbocycles. The molecule has 1 rings (SSSR count). The molecule has 0 aromatic carbocycles. The van der Waals surface area contributed by atoms with Crippen LogP contribution in [0.25, 0.3) is 0 Å². The van der Waals surface area contributed by atoms with Crippen LogP contribution in [-0.2, 0) is 6.54 Å². The Morgan fingerprint density at radius 3 is 2.71 bits per heavy atom. The third kappa shape index (κ3) is 2.44. The van der Waals surface area contributed by atoms with Gasteiger partial charge in [-0.15, -0.1) is 0 Å². The van der Waals surface area contributed by atoms with Gasteiger partial charge in [0.25, 0.3) is 0 Å². The maximum absolute atomic E-state index is 5.19. The van der Waals surface area contributed by atoms with E-state index in [1.54, 1.807) is 0 Å². The lowest BCUT2D eigenvalue weighted by Crippen LogP contribution is -2.07. The van der Waals surface area contributed by atoms with Crippen molar-refractivity contribution in [3.8, 4) is 0 Å². The Hall–Kier alpha value is -0.640. The third-order valence-corrected chi connectivity index (χ3v) is 2.71. The normalized spacial score (nSPS) is 13.1. The molecule has 0 saturated carbocycles. The Morgan fingerprint density at radius 2 is 2.14 bits per heavy atom. The van der Waals surface area contributed by atoms with Crippen molar-refractivity contribution in [2.45, 2.75) is 52.5 Å². The van der Waals surface area contributed by atoms with E-state index < -0.39 is 0 Å². The van der Waals surface area contributed by atoms with Crippen molar-refractivity contribution in [1.82, 2.24) is 14.8 Å². The van der Waals surface area contributed by atoms with Crippen LogP contribution in [0.3, 0.4) is 0 Å². The van der Waals surface area contributed by atoms with Crippen molar-refractivity contribution in [3.63, 3.8) is 0 Å². The summed E-state index contributed by atoms with van der Waals surface area (Å²) in [4.78, 5) is 0. The first-order valence-electron chi connectivity index (χ1n) is 5.35. The van der Waals surface area contributed by atoms with E-state index in [0.717, 1.165) is 23.6 Å². The molecular formula is C10H19N3S. The fraction of sp³-hybridized carbons (Fsp3) is 0.800. The maximum Gasteiger partial charge on any atom is 0.195 e. The van der Waals surface area contributed by atoms with E-state index in [4.69, 9.17) is 12.2 Å². The molecule has 0 aliphatic rings. The van der Waals surface area contributed by atoms with Crippen LogP contribution in [0, 0.1) is 4.77 Å². The molecule has 1 N–H and O–H groups in total. The predicted octanol–water partition coefficient (Wildman–Crippen LogP) is 3.25. The highest BCUT2D eigenvalue weighted by molar-refractivity contribution is 7.71. The molecule has 0 bridgehead atoms. The van der Waals surface area contributed by atoms with E-state index in [9.17, 15) is 0 Å². The summed E-state index contributed by atoms with van der Waals surface area (Å²) in [6, 6.07) is 0. The van der Waals surface area contributed by atoms with Gasteiger partial charge in [-0.05, 0) is 25.1 Å². The highest BCUT2D eigenvalue weighted by Crippen LogP contribution is 2.18. The first kappa shape index (κ1) is 11.4. The minimum atomic E-state index is 0.500. The number of nitrogens with one attached hydrogen (secondary N) is 1. The Bertz CT molecular complexity index is 326. The van der Waals surface area contributed by atoms with Crippen LogP contribution in [0.15, 0.2) is 0 Å². The Balaban J connectivity index is 2.90. The van der Waals surface area contributed by atoms with Gasteiger partial charge in [0.15, 0.2) is 4.77 Å². The summed E-state index contributed by atoms with van der Waals surface area (Å²) in [5, 5.41) is 7.18. The quantitative estimate of drug-likeness (QED) is 0.762. The Morgan fingerprint density at radius 1 is 1.43 bits per heavy atom. The Labute approximate surface area is 90.5 Å². The number of rotatable bonds is 5. The number of nitrogens with zero attached hydrogens (tertiary/aromatic N) is 2. The molecular weight excluding hydrogens is 194 g/mol. The molecule has 80 valence electrons. The largest absolute Gasteiger partial charge is 0.304 e. The minimum Gasteiger partial charge on any atom is -0.304 e. The molecule has 0 radical (unpaired) electrons. The van der Waals surface area contributed by atoms with Gasteiger partial charge in [0.2, 0.25) is 0 Å². The lowest BCUT2D eigenvalue weighted by molar-refractivity contribution is 0.556. The number of hydrogen-bond donors (Lipinski definition) is 1. The lowest BCUT2D eigenvalue weighted by atomic mass is 10.1. The van der Waals surface area contributed by atoms with Crippen molar-refractivity contribution in [3.05, 3.63) is 10.6 Å². The maximum atomic E-state index is 5.19. The number of H-pyrrole nitrogens is 1. The van der Waals surface area contributed by atoms with Gasteiger partial charge in [-0.1, -0.05) is 27.2 Å². The summed E-state index contributed by atoms with van der Waals surface area (Å²) >= 11 is 5.19. The zero-order chi connectivity index (χ0) is 10.6. The van der Waals surface area contributed by atoms with Crippen molar-refractivity contribution in [2.75, 3.05) is 0 Å². The predicted molar refractivity (Wildman–Crippen MR) is 61.0 cm³/mol. The topological polar surface area (TPSA) is 33.6 Å². The summed E-state index contributed by atoms with van der Waals surface area (Å²) in [6.45, 7) is 7.53. The highest BCUT2D eigenvalue weighted by atomic mass is 32.1. The van der Waals surface area contributed by atoms with Gasteiger partial charge < -0.3 is 4.57 Å². The van der Waals surface area contributed by atoms with E-state index in [-0.39, 0.29) is 0 Å². The molecule has 0 spiro atoms. The van der Waals surface area contributed by atoms with E-state index in [0.29, 0.717) is 5.92 Å². The molecule has 14 heavy (non-hydrogen) atoms. The molecule has 1 aromatic rings. The fourth-order valence-electron chi connectivity index (χ4n) is 1.71. The molecule has 0 aliphatic heterocycles. The first-order valence-corrected chi connectivity index (χ1v) is 5.76. The monoisotopic (exact) mass is 213 g/mol. The average molecular weight is 213 g/mol. The second-order valence-electron chi connectivity index (χ2n) is 3.73. The van der Waals surface area contributed by atoms with Crippen LogP contribution < -0.4 is 0 Å². The second kappa shape index (κ2) is 5.29. The summed E-state index contributed by atoms with van der Waals surface area (Å²) in [5.74, 6) is 1.61. The number of hydrogen-bond acceptors (Lipinski definition) is 2. The molecule has 1 aromatic heterocycles. The zero-order valence-corrected chi connectivity index (χ0v) is 10.0. The van der Waals surface area contributed by atoms with Crippen LogP contribution in [0.1, 0.15) is 51.8 Å². The Kier molecular flexibility index (Phi) is 4.32. The standard InChI is InChI=1S/C10H19N3S/c1-4-6-8(3)9-11-12-10(14)13(9)7-5-2/h8H,4-7H2,1-3H3,(H,12,14). The summed E-state index contributed by atoms with van der Waals surface area (Å²) in [5.41, 5.74) is 0. The molecule has 1 heterocycles. The molecule has 0 fully saturated rings. The van der Waals surface area contributed by atoms with Crippen LogP contribution in [-0.4, -0.2) is 14.8 Å². The van der Waals surface area contributed by atoms with Gasteiger partial charge in [0.05, 0.1) is 0 Å². The molecule has 4 heteroatoms. The lowest BCUT2D eigenvalue weighted by Gasteiger charge is -2.10. The van der Waals surface area contributed by atoms with Gasteiger partial charge in [-0.3, -0.25) is 5.10 Å². The van der Waals surface area contributed by atoms with Crippen molar-refractivity contribution in [2.24, 2.45) is 0 Å². The second-order valence-corrected chi connectivity index (χ2v) is 4.12. The summed E-state index contributed by atoms with van der Waals surface area (Å²) in [7, 11) is 0. The van der Waals surface area contributed by atoms with Crippen LogP contribution >= 0.6 is 12.2 Å². The van der Waals surface area contributed by atoms with E-state index in [2.05, 4.69) is 35.5 Å². The average Bonchev–Trinajstić information content (AvgIpc) is 2.50. The van der Waals surface area contributed by atoms with Crippen molar-refractivity contribution < 1.29 is 0 Å². The van der Waals surface area contributed by atoms with Gasteiger partial charge in [-0.25, -0.2) is 0 Å². The molecule has 3 nitrogen and oxygen atoms in total. The zero-order valence-electron chi connectivity index (χ0n) is 9.21. The van der Waals surface area contributed by atoms with E-state index >= 15 is 0 Å². The molecule has 1 unspecified atom stereocenters. The molecule has 0 saturated heterocycles. The fourth-order valence-corrected chi connectivity index (χ4v) is 1.94. The van der Waals surface area contributed by atoms with Crippen molar-refractivity contribution in [1.29, 1.82) is 0 Å². The number of aromatic amines is 1. The van der Waals surface area contributed by atoms with Crippen LogP contribution in [0.4, 0.5) is 0 Å². The summed E-state index contributed by atoms with van der Waals surface area (Å²) in [6.07, 6.45) is 3.45. The van der Waals surface area contributed by atoms with Gasteiger partial charge in [0.1, 0.15) is 5.82 Å². The van der Waals surface area contributed by atoms with Crippen LogP contribution in [0.2, 0.25) is 0 Å². The van der Waals surface area contributed by atoms with Crippen LogP contribution in [0.5, 0.6) is 0 Å². The van der Waals surface area contributed by atoms with Crippen molar-refractivity contribution >= 4 is 12.2 Å². The molecule has 1 atom stereocenters.